The predicted molar refractivity (Wildman–Crippen MR) is 56.1 cm³/mol. The molecule has 3 nitrogen and oxygen atoms in total. The van der Waals surface area contributed by atoms with E-state index in [1.165, 1.54) is 32.2 Å². The van der Waals surface area contributed by atoms with Gasteiger partial charge in [0, 0.05) is 25.2 Å². The van der Waals surface area contributed by atoms with Crippen LogP contribution in [0.4, 0.5) is 0 Å². The average molecular weight is 196 g/mol. The van der Waals surface area contributed by atoms with Crippen molar-refractivity contribution < 1.29 is 4.79 Å². The Hall–Kier alpha value is -0.570. The second-order valence-corrected chi connectivity index (χ2v) is 4.63. The van der Waals surface area contributed by atoms with Crippen LogP contribution < -0.4 is 0 Å². The summed E-state index contributed by atoms with van der Waals surface area (Å²) in [6.07, 6.45) is 6.06. The summed E-state index contributed by atoms with van der Waals surface area (Å²) in [6, 6.07) is 1.22. The van der Waals surface area contributed by atoms with E-state index in [2.05, 4.69) is 11.8 Å². The molecule has 2 fully saturated rings. The van der Waals surface area contributed by atoms with Crippen molar-refractivity contribution in [2.45, 2.75) is 44.7 Å². The molecule has 0 aromatic heterocycles. The zero-order valence-corrected chi connectivity index (χ0v) is 8.98. The molecule has 2 aliphatic heterocycles. The Bertz CT molecular complexity index is 207. The van der Waals surface area contributed by atoms with Gasteiger partial charge in [0.25, 0.3) is 0 Å². The molecule has 2 rings (SSSR count). The highest BCUT2D eigenvalue weighted by molar-refractivity contribution is 5.48. The number of amides is 1. The first-order valence-electron chi connectivity index (χ1n) is 5.76. The third kappa shape index (κ3) is 1.92. The zero-order chi connectivity index (χ0) is 9.97. The normalized spacial score (nSPS) is 33.9. The van der Waals surface area contributed by atoms with Gasteiger partial charge in [-0.2, -0.15) is 0 Å². The number of rotatable bonds is 3. The fourth-order valence-corrected chi connectivity index (χ4v) is 2.73. The molecule has 0 spiro atoms. The maximum absolute atomic E-state index is 10.8. The second-order valence-electron chi connectivity index (χ2n) is 4.63. The number of carbonyl (C=O) groups is 1. The van der Waals surface area contributed by atoms with Crippen LogP contribution in [0.2, 0.25) is 0 Å². The Kier molecular flexibility index (Phi) is 3.06. The molecule has 0 radical (unpaired) electrons. The van der Waals surface area contributed by atoms with Gasteiger partial charge < -0.3 is 4.90 Å². The highest BCUT2D eigenvalue weighted by Gasteiger charge is 2.28. The third-order valence-corrected chi connectivity index (χ3v) is 3.69. The molecule has 1 amide bonds. The maximum atomic E-state index is 10.8. The molecule has 80 valence electrons. The van der Waals surface area contributed by atoms with Gasteiger partial charge in [0.1, 0.15) is 0 Å². The van der Waals surface area contributed by atoms with Crippen molar-refractivity contribution in [2.24, 2.45) is 0 Å². The van der Waals surface area contributed by atoms with Crippen molar-refractivity contribution in [3.8, 4) is 0 Å². The van der Waals surface area contributed by atoms with E-state index in [0.29, 0.717) is 6.04 Å². The van der Waals surface area contributed by atoms with E-state index in [0.717, 1.165) is 25.5 Å². The first-order chi connectivity index (χ1) is 6.81. The largest absolute Gasteiger partial charge is 0.341 e. The molecule has 14 heavy (non-hydrogen) atoms. The molecule has 0 aromatic carbocycles. The number of carbonyl (C=O) groups excluding carboxylic acids is 1. The third-order valence-electron chi connectivity index (χ3n) is 3.69. The summed E-state index contributed by atoms with van der Waals surface area (Å²) in [7, 11) is 0. The van der Waals surface area contributed by atoms with Crippen molar-refractivity contribution in [1.29, 1.82) is 0 Å². The summed E-state index contributed by atoms with van der Waals surface area (Å²) < 4.78 is 0. The molecule has 0 N–H and O–H groups in total. The fourth-order valence-electron chi connectivity index (χ4n) is 2.73. The fraction of sp³-hybridized carbons (Fsp3) is 0.909. The van der Waals surface area contributed by atoms with E-state index in [-0.39, 0.29) is 0 Å². The molecule has 2 saturated heterocycles. The first-order valence-corrected chi connectivity index (χ1v) is 5.76. The average Bonchev–Trinajstić information content (AvgIpc) is 2.77. The van der Waals surface area contributed by atoms with Crippen LogP contribution in [0.15, 0.2) is 0 Å². The van der Waals surface area contributed by atoms with E-state index >= 15 is 0 Å². The van der Waals surface area contributed by atoms with Gasteiger partial charge in [-0.25, -0.2) is 0 Å². The van der Waals surface area contributed by atoms with Crippen LogP contribution in [0, 0.1) is 0 Å². The molecule has 0 saturated carbocycles. The van der Waals surface area contributed by atoms with Crippen LogP contribution in [0.5, 0.6) is 0 Å². The predicted octanol–water partition coefficient (Wildman–Crippen LogP) is 1.09. The minimum atomic E-state index is 0.494. The molecule has 0 aliphatic carbocycles. The Morgan fingerprint density at radius 1 is 1.29 bits per heavy atom. The molecule has 0 bridgehead atoms. The van der Waals surface area contributed by atoms with Gasteiger partial charge >= 0.3 is 0 Å². The molecule has 0 unspecified atom stereocenters. The van der Waals surface area contributed by atoms with Crippen molar-refractivity contribution in [3.63, 3.8) is 0 Å². The van der Waals surface area contributed by atoms with Crippen molar-refractivity contribution in [1.82, 2.24) is 9.80 Å². The van der Waals surface area contributed by atoms with Gasteiger partial charge in [-0.15, -0.1) is 0 Å². The van der Waals surface area contributed by atoms with Crippen LogP contribution in [-0.4, -0.2) is 47.9 Å². The molecular weight excluding hydrogens is 176 g/mol. The topological polar surface area (TPSA) is 23.6 Å². The maximum Gasteiger partial charge on any atom is 0.209 e. The lowest BCUT2D eigenvalue weighted by Crippen LogP contribution is -2.41. The molecule has 2 aliphatic rings. The smallest absolute Gasteiger partial charge is 0.209 e. The quantitative estimate of drug-likeness (QED) is 0.631. The number of hydrogen-bond acceptors (Lipinski definition) is 2. The molecule has 2 atom stereocenters. The van der Waals surface area contributed by atoms with Crippen LogP contribution in [0.3, 0.4) is 0 Å². The highest BCUT2D eigenvalue weighted by atomic mass is 16.1. The van der Waals surface area contributed by atoms with Crippen LogP contribution >= 0.6 is 0 Å². The number of hydrogen-bond donors (Lipinski definition) is 0. The van der Waals surface area contributed by atoms with Crippen molar-refractivity contribution in [2.75, 3.05) is 19.6 Å². The lowest BCUT2D eigenvalue weighted by atomic mass is 10.2. The lowest BCUT2D eigenvalue weighted by molar-refractivity contribution is -0.119. The number of likely N-dealkylation sites (tertiary alicyclic amines) is 2. The minimum Gasteiger partial charge on any atom is -0.341 e. The van der Waals surface area contributed by atoms with Crippen molar-refractivity contribution in [3.05, 3.63) is 0 Å². The Morgan fingerprint density at radius 2 is 2.07 bits per heavy atom. The van der Waals surface area contributed by atoms with Gasteiger partial charge in [0.15, 0.2) is 0 Å². The van der Waals surface area contributed by atoms with Gasteiger partial charge in [0.05, 0.1) is 0 Å². The van der Waals surface area contributed by atoms with E-state index in [4.69, 9.17) is 0 Å². The first kappa shape index (κ1) is 9.97. The molecule has 2 heterocycles. The van der Waals surface area contributed by atoms with Gasteiger partial charge in [-0.05, 0) is 39.2 Å². The van der Waals surface area contributed by atoms with Crippen molar-refractivity contribution >= 4 is 6.41 Å². The van der Waals surface area contributed by atoms with Crippen LogP contribution in [0.1, 0.15) is 32.6 Å². The van der Waals surface area contributed by atoms with E-state index in [9.17, 15) is 4.79 Å². The summed E-state index contributed by atoms with van der Waals surface area (Å²) in [5.74, 6) is 0. The molecule has 3 heteroatoms. The second kappa shape index (κ2) is 4.30. The summed E-state index contributed by atoms with van der Waals surface area (Å²) in [5, 5.41) is 0. The summed E-state index contributed by atoms with van der Waals surface area (Å²) in [6.45, 7) is 5.59. The minimum absolute atomic E-state index is 0.494. The summed E-state index contributed by atoms with van der Waals surface area (Å²) in [5.41, 5.74) is 0. The molecular formula is C11H20N2O. The monoisotopic (exact) mass is 196 g/mol. The van der Waals surface area contributed by atoms with Gasteiger partial charge in [-0.1, -0.05) is 0 Å². The van der Waals surface area contributed by atoms with E-state index < -0.39 is 0 Å². The zero-order valence-electron chi connectivity index (χ0n) is 8.98. The van der Waals surface area contributed by atoms with Gasteiger partial charge in [-0.3, -0.25) is 9.69 Å². The molecule has 0 aromatic rings. The Morgan fingerprint density at radius 3 is 2.71 bits per heavy atom. The SMILES string of the molecule is C[C@@H]1CCCN1C[C@@H]1CCCN1C=O. The summed E-state index contributed by atoms with van der Waals surface area (Å²) in [4.78, 5) is 15.3. The highest BCUT2D eigenvalue weighted by Crippen LogP contribution is 2.21. The van der Waals surface area contributed by atoms with Crippen LogP contribution in [0.25, 0.3) is 0 Å². The summed E-state index contributed by atoms with van der Waals surface area (Å²) >= 11 is 0. The standard InChI is InChI=1S/C11H20N2O/c1-10-4-2-6-12(10)8-11-5-3-7-13(11)9-14/h9-11H,2-8H2,1H3/t10-,11+/m1/s1. The van der Waals surface area contributed by atoms with Crippen LogP contribution in [-0.2, 0) is 4.79 Å². The Labute approximate surface area is 86.1 Å². The van der Waals surface area contributed by atoms with Gasteiger partial charge in [0.2, 0.25) is 6.41 Å². The number of nitrogens with zero attached hydrogens (tertiary/aromatic N) is 2. The van der Waals surface area contributed by atoms with E-state index in [1.807, 2.05) is 4.90 Å². The Balaban J connectivity index is 1.86. The lowest BCUT2D eigenvalue weighted by Gasteiger charge is -2.28. The van der Waals surface area contributed by atoms with E-state index in [1.54, 1.807) is 0 Å².